The molecule has 1 aliphatic heterocycles. The van der Waals surface area contributed by atoms with Gasteiger partial charge in [0.05, 0.1) is 29.9 Å². The summed E-state index contributed by atoms with van der Waals surface area (Å²) in [6.07, 6.45) is 1.98. The van der Waals surface area contributed by atoms with Crippen molar-refractivity contribution < 1.29 is 9.53 Å². The van der Waals surface area contributed by atoms with Crippen molar-refractivity contribution >= 4 is 32.7 Å². The Kier molecular flexibility index (Phi) is 7.34. The van der Waals surface area contributed by atoms with Crippen molar-refractivity contribution in [1.29, 1.82) is 0 Å². The van der Waals surface area contributed by atoms with Crippen LogP contribution in [0, 0.1) is 0 Å². The number of aromatic nitrogens is 2. The van der Waals surface area contributed by atoms with Gasteiger partial charge >= 0.3 is 0 Å². The van der Waals surface area contributed by atoms with Crippen LogP contribution in [-0.4, -0.2) is 46.2 Å². The van der Waals surface area contributed by atoms with Gasteiger partial charge in [-0.3, -0.25) is 19.1 Å². The number of ether oxygens (including phenoxy) is 1. The minimum absolute atomic E-state index is 0.0985. The van der Waals surface area contributed by atoms with Crippen LogP contribution >= 0.6 is 15.9 Å². The molecule has 2 heterocycles. The van der Waals surface area contributed by atoms with E-state index in [9.17, 15) is 9.59 Å². The number of morpholine rings is 1. The molecule has 0 aliphatic carbocycles. The number of hydrogen-bond donors (Lipinski definition) is 1. The Morgan fingerprint density at radius 2 is 2.09 bits per heavy atom. The Balaban J connectivity index is 1.30. The number of fused-ring (bicyclic) bond motifs is 1. The van der Waals surface area contributed by atoms with E-state index < -0.39 is 0 Å². The van der Waals surface area contributed by atoms with Gasteiger partial charge in [-0.1, -0.05) is 40.2 Å². The quantitative estimate of drug-likeness (QED) is 0.541. The summed E-state index contributed by atoms with van der Waals surface area (Å²) in [5, 5.41) is 3.49. The SMILES string of the molecule is CC1CN(Cc2cccc(CNC(=O)CCn3cnc4ccc(Br)cc4c3=O)c2)CCO1. The summed E-state index contributed by atoms with van der Waals surface area (Å²) in [5.74, 6) is -0.0985. The minimum atomic E-state index is -0.144. The summed E-state index contributed by atoms with van der Waals surface area (Å²) in [5.41, 5.74) is 2.79. The van der Waals surface area contributed by atoms with Crippen molar-refractivity contribution in [1.82, 2.24) is 19.8 Å². The molecule has 1 N–H and O–H groups in total. The van der Waals surface area contributed by atoms with Gasteiger partial charge in [0.15, 0.2) is 0 Å². The first kappa shape index (κ1) is 22.6. The Morgan fingerprint density at radius 3 is 2.94 bits per heavy atom. The number of nitrogens with one attached hydrogen (secondary N) is 1. The molecule has 32 heavy (non-hydrogen) atoms. The highest BCUT2D eigenvalue weighted by molar-refractivity contribution is 9.10. The van der Waals surface area contributed by atoms with Gasteiger partial charge in [0.2, 0.25) is 5.91 Å². The molecule has 1 atom stereocenters. The van der Waals surface area contributed by atoms with E-state index in [0.717, 1.165) is 36.3 Å². The molecule has 1 unspecified atom stereocenters. The molecule has 8 heteroatoms. The molecule has 1 saturated heterocycles. The Morgan fingerprint density at radius 1 is 1.25 bits per heavy atom. The number of rotatable bonds is 7. The molecule has 1 amide bonds. The molecule has 1 aromatic heterocycles. The van der Waals surface area contributed by atoms with Gasteiger partial charge in [-0.25, -0.2) is 4.98 Å². The predicted octanol–water partition coefficient (Wildman–Crippen LogP) is 3.09. The van der Waals surface area contributed by atoms with Gasteiger partial charge in [-0.05, 0) is 36.2 Å². The number of carbonyl (C=O) groups is 1. The molecule has 1 aliphatic rings. The van der Waals surface area contributed by atoms with E-state index in [1.54, 1.807) is 12.1 Å². The fourth-order valence-corrected chi connectivity index (χ4v) is 4.29. The summed E-state index contributed by atoms with van der Waals surface area (Å²) >= 11 is 3.38. The van der Waals surface area contributed by atoms with Crippen LogP contribution in [-0.2, 0) is 29.2 Å². The lowest BCUT2D eigenvalue weighted by Crippen LogP contribution is -2.40. The molecule has 0 bridgehead atoms. The molecule has 0 saturated carbocycles. The van der Waals surface area contributed by atoms with Gasteiger partial charge in [-0.15, -0.1) is 0 Å². The van der Waals surface area contributed by atoms with Crippen LogP contribution in [0.25, 0.3) is 10.9 Å². The Bertz CT molecular complexity index is 1160. The highest BCUT2D eigenvalue weighted by atomic mass is 79.9. The standard InChI is InChI=1S/C24H27BrN4O3/c1-17-14-28(9-10-32-17)15-19-4-2-3-18(11-19)13-26-23(30)7-8-29-16-27-22-6-5-20(25)12-21(22)24(29)31/h2-6,11-12,16-17H,7-10,13-15H2,1H3,(H,26,30). The zero-order valence-electron chi connectivity index (χ0n) is 18.1. The highest BCUT2D eigenvalue weighted by Crippen LogP contribution is 2.15. The van der Waals surface area contributed by atoms with Gasteiger partial charge < -0.3 is 10.1 Å². The second-order valence-electron chi connectivity index (χ2n) is 8.17. The van der Waals surface area contributed by atoms with Crippen molar-refractivity contribution in [3.8, 4) is 0 Å². The number of aryl methyl sites for hydroxylation is 1. The number of halogens is 1. The molecule has 3 aromatic rings. The van der Waals surface area contributed by atoms with Gasteiger partial charge in [0.25, 0.3) is 5.56 Å². The minimum Gasteiger partial charge on any atom is -0.376 e. The molecular formula is C24H27BrN4O3. The predicted molar refractivity (Wildman–Crippen MR) is 127 cm³/mol. The van der Waals surface area contributed by atoms with E-state index in [0.29, 0.717) is 17.4 Å². The Labute approximate surface area is 195 Å². The lowest BCUT2D eigenvalue weighted by Gasteiger charge is -2.31. The molecule has 7 nitrogen and oxygen atoms in total. The summed E-state index contributed by atoms with van der Waals surface area (Å²) in [6.45, 7) is 6.36. The maximum absolute atomic E-state index is 12.7. The summed E-state index contributed by atoms with van der Waals surface area (Å²) in [6, 6.07) is 13.7. The van der Waals surface area contributed by atoms with E-state index in [1.165, 1.54) is 16.5 Å². The number of benzene rings is 2. The molecular weight excluding hydrogens is 472 g/mol. The fourth-order valence-electron chi connectivity index (χ4n) is 3.93. The zero-order valence-corrected chi connectivity index (χ0v) is 19.7. The van der Waals surface area contributed by atoms with Crippen molar-refractivity contribution in [3.05, 3.63) is 74.7 Å². The van der Waals surface area contributed by atoms with Crippen molar-refractivity contribution in [3.63, 3.8) is 0 Å². The van der Waals surface area contributed by atoms with Crippen LogP contribution in [0.5, 0.6) is 0 Å². The molecule has 4 rings (SSSR count). The van der Waals surface area contributed by atoms with E-state index >= 15 is 0 Å². The highest BCUT2D eigenvalue weighted by Gasteiger charge is 2.16. The van der Waals surface area contributed by atoms with Crippen LogP contribution in [0.4, 0.5) is 0 Å². The van der Waals surface area contributed by atoms with Gasteiger partial charge in [-0.2, -0.15) is 0 Å². The normalized spacial score (nSPS) is 16.9. The third kappa shape index (κ3) is 5.82. The average molecular weight is 499 g/mol. The fraction of sp³-hybridized carbons (Fsp3) is 0.375. The first-order chi connectivity index (χ1) is 15.5. The largest absolute Gasteiger partial charge is 0.376 e. The maximum atomic E-state index is 12.7. The number of carbonyl (C=O) groups excluding carboxylic acids is 1. The van der Waals surface area contributed by atoms with E-state index in [2.05, 4.69) is 50.2 Å². The average Bonchev–Trinajstić information content (AvgIpc) is 2.78. The summed E-state index contributed by atoms with van der Waals surface area (Å²) < 4.78 is 7.91. The molecule has 0 radical (unpaired) electrons. The maximum Gasteiger partial charge on any atom is 0.261 e. The lowest BCUT2D eigenvalue weighted by molar-refractivity contribution is -0.121. The Hall–Kier alpha value is -2.55. The van der Waals surface area contributed by atoms with Gasteiger partial charge in [0.1, 0.15) is 0 Å². The van der Waals surface area contributed by atoms with Crippen LogP contribution < -0.4 is 10.9 Å². The molecule has 0 spiro atoms. The van der Waals surface area contributed by atoms with Crippen LogP contribution in [0.15, 0.2) is 58.1 Å². The van der Waals surface area contributed by atoms with Crippen LogP contribution in [0.1, 0.15) is 24.5 Å². The number of hydrogen-bond acceptors (Lipinski definition) is 5. The van der Waals surface area contributed by atoms with E-state index in [4.69, 9.17) is 4.74 Å². The molecule has 1 fully saturated rings. The zero-order chi connectivity index (χ0) is 22.5. The molecule has 2 aromatic carbocycles. The van der Waals surface area contributed by atoms with Crippen molar-refractivity contribution in [2.75, 3.05) is 19.7 Å². The number of amides is 1. The first-order valence-corrected chi connectivity index (χ1v) is 11.6. The second-order valence-corrected chi connectivity index (χ2v) is 9.08. The lowest BCUT2D eigenvalue weighted by atomic mass is 10.1. The van der Waals surface area contributed by atoms with Crippen LogP contribution in [0.3, 0.4) is 0 Å². The number of nitrogens with zero attached hydrogens (tertiary/aromatic N) is 3. The third-order valence-electron chi connectivity index (χ3n) is 5.58. The summed E-state index contributed by atoms with van der Waals surface area (Å²) in [4.78, 5) is 31.7. The van der Waals surface area contributed by atoms with Crippen molar-refractivity contribution in [2.24, 2.45) is 0 Å². The van der Waals surface area contributed by atoms with E-state index in [1.807, 2.05) is 18.2 Å². The third-order valence-corrected chi connectivity index (χ3v) is 6.07. The monoisotopic (exact) mass is 498 g/mol. The smallest absolute Gasteiger partial charge is 0.261 e. The molecule has 168 valence electrons. The summed E-state index contributed by atoms with van der Waals surface area (Å²) in [7, 11) is 0. The second kappa shape index (κ2) is 10.4. The topological polar surface area (TPSA) is 76.5 Å². The van der Waals surface area contributed by atoms with Gasteiger partial charge in [0, 0.05) is 43.6 Å². The van der Waals surface area contributed by atoms with Crippen molar-refractivity contribution in [2.45, 2.75) is 39.1 Å². The first-order valence-electron chi connectivity index (χ1n) is 10.8. The van der Waals surface area contributed by atoms with E-state index in [-0.39, 0.29) is 30.5 Å². The van der Waals surface area contributed by atoms with Crippen LogP contribution in [0.2, 0.25) is 0 Å².